The molecule has 132 valence electrons. The zero-order valence-electron chi connectivity index (χ0n) is 14.6. The summed E-state index contributed by atoms with van der Waals surface area (Å²) in [6.07, 6.45) is 3.96. The van der Waals surface area contributed by atoms with E-state index in [-0.39, 0.29) is 11.9 Å². The maximum absolute atomic E-state index is 12.6. The van der Waals surface area contributed by atoms with E-state index in [9.17, 15) is 4.79 Å². The lowest BCUT2D eigenvalue weighted by atomic mass is 9.99. The summed E-state index contributed by atoms with van der Waals surface area (Å²) in [7, 11) is 0. The molecule has 2 atom stereocenters. The van der Waals surface area contributed by atoms with Crippen LogP contribution in [0.4, 0.5) is 5.82 Å². The average molecular weight is 338 g/mol. The van der Waals surface area contributed by atoms with E-state index in [4.69, 9.17) is 10.7 Å². The number of benzene rings is 1. The van der Waals surface area contributed by atoms with Crippen LogP contribution in [0.3, 0.4) is 0 Å². The van der Waals surface area contributed by atoms with Gasteiger partial charge in [-0.05, 0) is 37.0 Å². The number of piperazine rings is 1. The molecule has 1 aliphatic carbocycles. The maximum atomic E-state index is 12.6. The molecule has 0 unspecified atom stereocenters. The van der Waals surface area contributed by atoms with Crippen molar-refractivity contribution in [3.8, 4) is 0 Å². The van der Waals surface area contributed by atoms with Crippen molar-refractivity contribution in [3.63, 3.8) is 0 Å². The van der Waals surface area contributed by atoms with Gasteiger partial charge in [0.2, 0.25) is 5.91 Å². The van der Waals surface area contributed by atoms with E-state index in [1.165, 1.54) is 6.42 Å². The minimum atomic E-state index is 0.215. The quantitative estimate of drug-likeness (QED) is 0.933. The van der Waals surface area contributed by atoms with Crippen LogP contribution in [-0.2, 0) is 4.79 Å². The summed E-state index contributed by atoms with van der Waals surface area (Å²) in [5.41, 5.74) is 7.14. The molecule has 0 radical (unpaired) electrons. The Hall–Kier alpha value is -2.14. The molecule has 5 nitrogen and oxygen atoms in total. The number of carbonyl (C=O) groups excluding carboxylic acids is 1. The minimum absolute atomic E-state index is 0.215. The molecule has 5 heteroatoms. The Balaban J connectivity index is 1.36. The minimum Gasteiger partial charge on any atom is -0.353 e. The highest BCUT2D eigenvalue weighted by molar-refractivity contribution is 5.80. The van der Waals surface area contributed by atoms with Crippen LogP contribution >= 0.6 is 0 Å². The molecule has 2 aromatic rings. The van der Waals surface area contributed by atoms with Gasteiger partial charge in [-0.15, -0.1) is 0 Å². The second kappa shape index (κ2) is 7.00. The van der Waals surface area contributed by atoms with Crippen LogP contribution in [0.15, 0.2) is 36.4 Å². The summed E-state index contributed by atoms with van der Waals surface area (Å²) in [6.45, 7) is 3.23. The van der Waals surface area contributed by atoms with Crippen LogP contribution in [0.1, 0.15) is 25.7 Å². The van der Waals surface area contributed by atoms with Gasteiger partial charge in [-0.1, -0.05) is 24.6 Å². The Morgan fingerprint density at radius 1 is 1.08 bits per heavy atom. The van der Waals surface area contributed by atoms with Gasteiger partial charge in [0.1, 0.15) is 5.82 Å². The van der Waals surface area contributed by atoms with Gasteiger partial charge in [-0.25, -0.2) is 4.98 Å². The number of anilines is 1. The van der Waals surface area contributed by atoms with E-state index in [1.807, 2.05) is 23.1 Å². The number of carbonyl (C=O) groups is 1. The van der Waals surface area contributed by atoms with E-state index in [2.05, 4.69) is 23.1 Å². The van der Waals surface area contributed by atoms with Crippen LogP contribution in [-0.4, -0.2) is 48.0 Å². The van der Waals surface area contributed by atoms with E-state index in [0.717, 1.165) is 55.7 Å². The number of nitrogens with two attached hydrogens (primary N) is 1. The van der Waals surface area contributed by atoms with Crippen LogP contribution < -0.4 is 10.6 Å². The molecule has 2 N–H and O–H groups in total. The Morgan fingerprint density at radius 3 is 2.64 bits per heavy atom. The van der Waals surface area contributed by atoms with Crippen LogP contribution in [0, 0.1) is 5.92 Å². The molecule has 2 fully saturated rings. The Labute approximate surface area is 148 Å². The van der Waals surface area contributed by atoms with E-state index in [0.29, 0.717) is 12.3 Å². The fourth-order valence-corrected chi connectivity index (χ4v) is 4.09. The summed E-state index contributed by atoms with van der Waals surface area (Å²) in [4.78, 5) is 21.6. The normalized spacial score (nSPS) is 24.0. The highest BCUT2D eigenvalue weighted by Gasteiger charge is 2.29. The van der Waals surface area contributed by atoms with Crippen LogP contribution in [0.2, 0.25) is 0 Å². The summed E-state index contributed by atoms with van der Waals surface area (Å²) >= 11 is 0. The SMILES string of the molecule is N[C@@H]1CCC[C@H]1CC(=O)N1CCN(c2ccc3ccccc3n2)CC1. The number of hydrogen-bond donors (Lipinski definition) is 1. The van der Waals surface area contributed by atoms with Gasteiger partial charge in [0.25, 0.3) is 0 Å². The average Bonchev–Trinajstić information content (AvgIpc) is 3.06. The Kier molecular flexibility index (Phi) is 4.57. The summed E-state index contributed by atoms with van der Waals surface area (Å²) in [6, 6.07) is 12.6. The molecule has 2 heterocycles. The lowest BCUT2D eigenvalue weighted by molar-refractivity contribution is -0.132. The highest BCUT2D eigenvalue weighted by atomic mass is 16.2. The van der Waals surface area contributed by atoms with Gasteiger partial charge in [-0.2, -0.15) is 0 Å². The monoisotopic (exact) mass is 338 g/mol. The summed E-state index contributed by atoms with van der Waals surface area (Å²) in [5, 5.41) is 1.16. The van der Waals surface area contributed by atoms with Crippen molar-refractivity contribution in [1.82, 2.24) is 9.88 Å². The first-order valence-electron chi connectivity index (χ1n) is 9.35. The predicted molar refractivity (Wildman–Crippen MR) is 100 cm³/mol. The Bertz CT molecular complexity index is 754. The molecule has 2 aliphatic rings. The number of para-hydroxylation sites is 1. The molecular weight excluding hydrogens is 312 g/mol. The molecule has 4 rings (SSSR count). The largest absolute Gasteiger partial charge is 0.353 e. The summed E-state index contributed by atoms with van der Waals surface area (Å²) in [5.74, 6) is 1.66. The molecular formula is C20H26N4O. The number of hydrogen-bond acceptors (Lipinski definition) is 4. The number of fused-ring (bicyclic) bond motifs is 1. The van der Waals surface area contributed by atoms with Crippen molar-refractivity contribution in [3.05, 3.63) is 36.4 Å². The standard InChI is InChI=1S/C20H26N4O/c21-17-6-3-5-16(17)14-20(25)24-12-10-23(11-13-24)19-9-8-15-4-1-2-7-18(15)22-19/h1-2,4,7-9,16-17H,3,5-6,10-14,21H2/t16-,17+/m0/s1. The molecule has 1 amide bonds. The highest BCUT2D eigenvalue weighted by Crippen LogP contribution is 2.27. The third-order valence-corrected chi connectivity index (χ3v) is 5.69. The zero-order chi connectivity index (χ0) is 17.2. The van der Waals surface area contributed by atoms with Gasteiger partial charge >= 0.3 is 0 Å². The third kappa shape index (κ3) is 3.47. The van der Waals surface area contributed by atoms with E-state index < -0.39 is 0 Å². The summed E-state index contributed by atoms with van der Waals surface area (Å²) < 4.78 is 0. The molecule has 1 saturated carbocycles. The van der Waals surface area contributed by atoms with Crippen molar-refractivity contribution in [2.24, 2.45) is 11.7 Å². The van der Waals surface area contributed by atoms with Gasteiger partial charge < -0.3 is 15.5 Å². The first-order chi connectivity index (χ1) is 12.2. The zero-order valence-corrected chi connectivity index (χ0v) is 14.6. The van der Waals surface area contributed by atoms with Crippen molar-refractivity contribution in [2.75, 3.05) is 31.1 Å². The first kappa shape index (κ1) is 16.3. The smallest absolute Gasteiger partial charge is 0.223 e. The second-order valence-electron chi connectivity index (χ2n) is 7.29. The fourth-order valence-electron chi connectivity index (χ4n) is 4.09. The molecule has 1 saturated heterocycles. The number of pyridine rings is 1. The topological polar surface area (TPSA) is 62.5 Å². The van der Waals surface area contributed by atoms with Gasteiger partial charge in [0.05, 0.1) is 5.52 Å². The van der Waals surface area contributed by atoms with Crippen molar-refractivity contribution in [2.45, 2.75) is 31.7 Å². The molecule has 1 aromatic heterocycles. The van der Waals surface area contributed by atoms with Crippen molar-refractivity contribution in [1.29, 1.82) is 0 Å². The number of rotatable bonds is 3. The number of aromatic nitrogens is 1. The van der Waals surface area contributed by atoms with E-state index in [1.54, 1.807) is 0 Å². The van der Waals surface area contributed by atoms with Crippen molar-refractivity contribution < 1.29 is 4.79 Å². The van der Waals surface area contributed by atoms with Crippen LogP contribution in [0.5, 0.6) is 0 Å². The molecule has 1 aliphatic heterocycles. The van der Waals surface area contributed by atoms with Crippen LogP contribution in [0.25, 0.3) is 10.9 Å². The van der Waals surface area contributed by atoms with Gasteiger partial charge in [0, 0.05) is 44.0 Å². The number of amides is 1. The predicted octanol–water partition coefficient (Wildman–Crippen LogP) is 2.40. The molecule has 0 bridgehead atoms. The third-order valence-electron chi connectivity index (χ3n) is 5.69. The molecule has 25 heavy (non-hydrogen) atoms. The first-order valence-corrected chi connectivity index (χ1v) is 9.35. The number of nitrogens with zero attached hydrogens (tertiary/aromatic N) is 3. The molecule has 0 spiro atoms. The fraction of sp³-hybridized carbons (Fsp3) is 0.500. The van der Waals surface area contributed by atoms with Gasteiger partial charge in [-0.3, -0.25) is 4.79 Å². The second-order valence-corrected chi connectivity index (χ2v) is 7.29. The molecule has 1 aromatic carbocycles. The maximum Gasteiger partial charge on any atom is 0.223 e. The lowest BCUT2D eigenvalue weighted by Gasteiger charge is -2.36. The van der Waals surface area contributed by atoms with Crippen molar-refractivity contribution >= 4 is 22.6 Å². The lowest BCUT2D eigenvalue weighted by Crippen LogP contribution is -2.49. The van der Waals surface area contributed by atoms with E-state index >= 15 is 0 Å². The Morgan fingerprint density at radius 2 is 1.88 bits per heavy atom. The van der Waals surface area contributed by atoms with Gasteiger partial charge in [0.15, 0.2) is 0 Å².